The minimum absolute atomic E-state index is 0.0771. The van der Waals surface area contributed by atoms with Gasteiger partial charge >= 0.3 is 12.1 Å². The van der Waals surface area contributed by atoms with Crippen LogP contribution in [-0.4, -0.2) is 32.9 Å². The van der Waals surface area contributed by atoms with Crippen molar-refractivity contribution >= 4 is 17.7 Å². The molecule has 0 saturated carbocycles. The number of benzene rings is 2. The molecule has 162 valence electrons. The number of carboxylic acid groups (broad SMARTS) is 1. The van der Waals surface area contributed by atoms with E-state index in [1.54, 1.807) is 51.1 Å². The van der Waals surface area contributed by atoms with Crippen LogP contribution in [0.1, 0.15) is 32.8 Å². The third-order valence-corrected chi connectivity index (χ3v) is 4.11. The second-order valence-corrected chi connectivity index (χ2v) is 7.84. The van der Waals surface area contributed by atoms with E-state index in [2.05, 4.69) is 15.5 Å². The summed E-state index contributed by atoms with van der Waals surface area (Å²) in [5, 5.41) is 15.2. The van der Waals surface area contributed by atoms with E-state index in [4.69, 9.17) is 14.4 Å². The topological polar surface area (TPSA) is 115 Å². The van der Waals surface area contributed by atoms with Crippen molar-refractivity contribution in [2.45, 2.75) is 39.2 Å². The fourth-order valence-electron chi connectivity index (χ4n) is 2.71. The lowest BCUT2D eigenvalue weighted by Crippen LogP contribution is -2.27. The number of hydrogen-bond donors (Lipinski definition) is 2. The molecule has 0 unspecified atom stereocenters. The van der Waals surface area contributed by atoms with Crippen LogP contribution in [0.4, 0.5) is 14.9 Å². The van der Waals surface area contributed by atoms with Crippen molar-refractivity contribution in [1.29, 1.82) is 0 Å². The number of aryl methyl sites for hydroxylation is 1. The fraction of sp³-hybridized carbons (Fsp3) is 0.273. The van der Waals surface area contributed by atoms with Crippen LogP contribution in [0.15, 0.2) is 47.0 Å². The Labute approximate surface area is 178 Å². The van der Waals surface area contributed by atoms with Crippen LogP contribution >= 0.6 is 0 Å². The van der Waals surface area contributed by atoms with Gasteiger partial charge in [-0.25, -0.2) is 9.18 Å². The zero-order chi connectivity index (χ0) is 22.6. The van der Waals surface area contributed by atoms with E-state index < -0.39 is 23.5 Å². The number of carbonyl (C=O) groups is 2. The van der Waals surface area contributed by atoms with E-state index in [9.17, 15) is 14.0 Å². The Kier molecular flexibility index (Phi) is 6.33. The number of ether oxygens (including phenoxy) is 1. The van der Waals surface area contributed by atoms with Gasteiger partial charge in [0.05, 0.1) is 5.56 Å². The molecule has 1 aromatic heterocycles. The number of amides is 1. The monoisotopic (exact) mass is 427 g/mol. The summed E-state index contributed by atoms with van der Waals surface area (Å²) in [6.45, 7) is 5.32. The van der Waals surface area contributed by atoms with Gasteiger partial charge in [0.15, 0.2) is 0 Å². The predicted molar refractivity (Wildman–Crippen MR) is 111 cm³/mol. The molecule has 0 aliphatic carbocycles. The van der Waals surface area contributed by atoms with Crippen molar-refractivity contribution < 1.29 is 28.3 Å². The summed E-state index contributed by atoms with van der Waals surface area (Å²) in [5.41, 5.74) is 1.24. The van der Waals surface area contributed by atoms with Gasteiger partial charge in [0.1, 0.15) is 11.4 Å². The molecule has 0 bridgehead atoms. The molecule has 9 heteroatoms. The van der Waals surface area contributed by atoms with Crippen LogP contribution in [0.5, 0.6) is 0 Å². The highest BCUT2D eigenvalue weighted by atomic mass is 19.1. The molecule has 2 N–H and O–H groups in total. The third kappa shape index (κ3) is 6.11. The maximum atomic E-state index is 14.4. The van der Waals surface area contributed by atoms with Gasteiger partial charge in [-0.05, 0) is 69.2 Å². The van der Waals surface area contributed by atoms with Crippen molar-refractivity contribution in [1.82, 2.24) is 10.1 Å². The van der Waals surface area contributed by atoms with Crippen LogP contribution in [-0.2, 0) is 16.0 Å². The molecule has 0 spiro atoms. The zero-order valence-corrected chi connectivity index (χ0v) is 17.3. The highest BCUT2D eigenvalue weighted by Crippen LogP contribution is 2.26. The molecule has 0 atom stereocenters. The van der Waals surface area contributed by atoms with E-state index in [0.717, 1.165) is 0 Å². The number of carbonyl (C=O) groups excluding carboxylic acids is 1. The number of aromatic nitrogens is 2. The van der Waals surface area contributed by atoms with Gasteiger partial charge in [-0.1, -0.05) is 11.2 Å². The minimum atomic E-state index is -0.945. The number of nitrogens with one attached hydrogen (secondary N) is 1. The first-order chi connectivity index (χ1) is 14.6. The zero-order valence-electron chi connectivity index (χ0n) is 17.3. The number of halogens is 1. The molecule has 8 nitrogen and oxygen atoms in total. The number of carboxylic acids is 1. The van der Waals surface area contributed by atoms with Gasteiger partial charge in [0.2, 0.25) is 5.82 Å². The summed E-state index contributed by atoms with van der Waals surface area (Å²) in [4.78, 5) is 26.7. The van der Waals surface area contributed by atoms with E-state index in [0.29, 0.717) is 16.8 Å². The van der Waals surface area contributed by atoms with E-state index in [-0.39, 0.29) is 30.1 Å². The summed E-state index contributed by atoms with van der Waals surface area (Å²) in [6.07, 6.45) is -0.417. The molecule has 31 heavy (non-hydrogen) atoms. The Morgan fingerprint density at radius 2 is 1.87 bits per heavy atom. The lowest BCUT2D eigenvalue weighted by atomic mass is 10.1. The van der Waals surface area contributed by atoms with Crippen molar-refractivity contribution in [3.63, 3.8) is 0 Å². The summed E-state index contributed by atoms with van der Waals surface area (Å²) in [6, 6.07) is 11.1. The normalized spacial score (nSPS) is 11.2. The minimum Gasteiger partial charge on any atom is -0.481 e. The molecule has 3 aromatic rings. The summed E-state index contributed by atoms with van der Waals surface area (Å²) >= 11 is 0. The molecule has 1 amide bonds. The Bertz CT molecular complexity index is 1090. The maximum absolute atomic E-state index is 14.4. The number of aliphatic carboxylic acids is 1. The van der Waals surface area contributed by atoms with Crippen molar-refractivity contribution in [3.8, 4) is 22.8 Å². The van der Waals surface area contributed by atoms with Crippen molar-refractivity contribution in [2.24, 2.45) is 0 Å². The van der Waals surface area contributed by atoms with Crippen LogP contribution < -0.4 is 5.32 Å². The number of rotatable bonds is 6. The van der Waals surface area contributed by atoms with Crippen LogP contribution in [0.25, 0.3) is 22.8 Å². The van der Waals surface area contributed by atoms with Crippen LogP contribution in [0.2, 0.25) is 0 Å². The lowest BCUT2D eigenvalue weighted by molar-refractivity contribution is -0.136. The van der Waals surface area contributed by atoms with Crippen LogP contribution in [0.3, 0.4) is 0 Å². The van der Waals surface area contributed by atoms with Crippen LogP contribution in [0, 0.1) is 5.82 Å². The highest BCUT2D eigenvalue weighted by Gasteiger charge is 2.17. The summed E-state index contributed by atoms with van der Waals surface area (Å²) in [7, 11) is 0. The Morgan fingerprint density at radius 3 is 2.48 bits per heavy atom. The Hall–Kier alpha value is -3.75. The molecule has 0 radical (unpaired) electrons. The smallest absolute Gasteiger partial charge is 0.412 e. The van der Waals surface area contributed by atoms with Gasteiger partial charge in [-0.2, -0.15) is 4.98 Å². The van der Waals surface area contributed by atoms with Gasteiger partial charge in [-0.15, -0.1) is 0 Å². The average Bonchev–Trinajstić information content (AvgIpc) is 3.15. The summed E-state index contributed by atoms with van der Waals surface area (Å²) in [5.74, 6) is -1.24. The van der Waals surface area contributed by atoms with Crippen molar-refractivity contribution in [2.75, 3.05) is 5.32 Å². The van der Waals surface area contributed by atoms with Crippen molar-refractivity contribution in [3.05, 3.63) is 53.8 Å². The van der Waals surface area contributed by atoms with E-state index in [1.165, 1.54) is 12.1 Å². The first-order valence-corrected chi connectivity index (χ1v) is 9.55. The lowest BCUT2D eigenvalue weighted by Gasteiger charge is -2.19. The largest absolute Gasteiger partial charge is 0.481 e. The number of nitrogens with zero attached hydrogens (tertiary/aromatic N) is 2. The second kappa shape index (κ2) is 8.95. The van der Waals surface area contributed by atoms with Gasteiger partial charge in [0, 0.05) is 17.7 Å². The van der Waals surface area contributed by atoms with Gasteiger partial charge in [0.25, 0.3) is 5.89 Å². The van der Waals surface area contributed by atoms with Gasteiger partial charge < -0.3 is 14.4 Å². The maximum Gasteiger partial charge on any atom is 0.412 e. The Balaban J connectivity index is 1.71. The highest BCUT2D eigenvalue weighted by molar-refractivity contribution is 5.85. The van der Waals surface area contributed by atoms with Gasteiger partial charge in [-0.3, -0.25) is 10.1 Å². The van der Waals surface area contributed by atoms with E-state index >= 15 is 0 Å². The molecular weight excluding hydrogens is 405 g/mol. The number of anilines is 1. The molecule has 0 fully saturated rings. The predicted octanol–water partition coefficient (Wildman–Crippen LogP) is 4.91. The second-order valence-electron chi connectivity index (χ2n) is 7.84. The molecule has 0 aliphatic heterocycles. The first kappa shape index (κ1) is 21.9. The molecule has 2 aromatic carbocycles. The fourth-order valence-corrected chi connectivity index (χ4v) is 2.71. The molecule has 0 saturated heterocycles. The summed E-state index contributed by atoms with van der Waals surface area (Å²) < 4.78 is 24.9. The average molecular weight is 427 g/mol. The number of hydrogen-bond acceptors (Lipinski definition) is 6. The van der Waals surface area contributed by atoms with E-state index in [1.807, 2.05) is 0 Å². The first-order valence-electron chi connectivity index (χ1n) is 9.55. The molecular formula is C22H22FN3O5. The molecule has 0 aliphatic rings. The quantitative estimate of drug-likeness (QED) is 0.574. The standard InChI is InChI=1S/C22H22FN3O5/c1-22(2,3)30-21(29)24-15-8-6-14(7-9-15)20-25-19(26-31-20)16-10-4-13(12-17(16)23)5-11-18(27)28/h4,6-10,12H,5,11H2,1-3H3,(H,24,29)(H,27,28). The molecule has 3 rings (SSSR count). The molecule has 1 heterocycles. The third-order valence-electron chi connectivity index (χ3n) is 4.11. The Morgan fingerprint density at radius 1 is 1.16 bits per heavy atom. The SMILES string of the molecule is CC(C)(C)OC(=O)Nc1ccc(-c2nc(-c3ccc(CCC(=O)O)cc3F)no2)cc1.